The maximum atomic E-state index is 15.4. The number of hydrazone groups is 1. The lowest BCUT2D eigenvalue weighted by Crippen LogP contribution is -2.41. The molecular formula is C24H28F2N4O2. The fourth-order valence-corrected chi connectivity index (χ4v) is 4.46. The number of hydrogen-bond donors (Lipinski definition) is 1. The molecule has 2 aromatic carbocycles. The summed E-state index contributed by atoms with van der Waals surface area (Å²) in [4.78, 5) is 14.5. The van der Waals surface area contributed by atoms with E-state index in [4.69, 9.17) is 4.74 Å². The molecule has 4 rings (SSSR count). The average Bonchev–Trinajstić information content (AvgIpc) is 3.16. The molecule has 2 aliphatic rings. The van der Waals surface area contributed by atoms with Gasteiger partial charge < -0.3 is 15.0 Å². The van der Waals surface area contributed by atoms with Crippen molar-refractivity contribution in [3.63, 3.8) is 0 Å². The van der Waals surface area contributed by atoms with Crippen LogP contribution < -0.4 is 15.0 Å². The first kappa shape index (κ1) is 22.0. The monoisotopic (exact) mass is 442 g/mol. The number of carbonyl (C=O) groups is 1. The zero-order chi connectivity index (χ0) is 23.0. The van der Waals surface area contributed by atoms with Crippen molar-refractivity contribution in [3.05, 3.63) is 58.4 Å². The quantitative estimate of drug-likeness (QED) is 0.781. The van der Waals surface area contributed by atoms with Crippen molar-refractivity contribution < 1.29 is 18.3 Å². The molecule has 2 unspecified atom stereocenters. The number of rotatable bonds is 3. The Morgan fingerprint density at radius 3 is 2.59 bits per heavy atom. The maximum Gasteiger partial charge on any atom is 0.337 e. The number of carbonyl (C=O) groups excluding carboxylic acids is 1. The number of nitrogens with one attached hydrogen (secondary N) is 1. The highest BCUT2D eigenvalue weighted by atomic mass is 19.1. The molecule has 8 heteroatoms. The average molecular weight is 443 g/mol. The summed E-state index contributed by atoms with van der Waals surface area (Å²) in [5.74, 6) is -0.225. The van der Waals surface area contributed by atoms with Gasteiger partial charge in [-0.1, -0.05) is 12.1 Å². The second kappa shape index (κ2) is 8.76. The summed E-state index contributed by atoms with van der Waals surface area (Å²) in [5, 5.41) is 8.64. The van der Waals surface area contributed by atoms with Gasteiger partial charge in [0.15, 0.2) is 11.6 Å². The molecule has 6 nitrogen and oxygen atoms in total. The van der Waals surface area contributed by atoms with Crippen LogP contribution in [0.15, 0.2) is 35.4 Å². The Hall–Kier alpha value is -3.16. The van der Waals surface area contributed by atoms with Crippen LogP contribution in [0.3, 0.4) is 0 Å². The molecule has 32 heavy (non-hydrogen) atoms. The Morgan fingerprint density at radius 2 is 2.00 bits per heavy atom. The zero-order valence-electron chi connectivity index (χ0n) is 18.8. The van der Waals surface area contributed by atoms with Gasteiger partial charge >= 0.3 is 6.03 Å². The van der Waals surface area contributed by atoms with E-state index in [9.17, 15) is 9.18 Å². The van der Waals surface area contributed by atoms with E-state index in [1.54, 1.807) is 14.0 Å². The number of fused-ring (bicyclic) bond motifs is 1. The van der Waals surface area contributed by atoms with Gasteiger partial charge in [-0.15, -0.1) is 0 Å². The van der Waals surface area contributed by atoms with Crippen molar-refractivity contribution in [2.45, 2.75) is 38.9 Å². The minimum absolute atomic E-state index is 0.203. The molecule has 2 aromatic rings. The number of halogens is 2. The van der Waals surface area contributed by atoms with Gasteiger partial charge in [0.25, 0.3) is 0 Å². The van der Waals surface area contributed by atoms with Gasteiger partial charge in [0.2, 0.25) is 0 Å². The zero-order valence-corrected chi connectivity index (χ0v) is 18.8. The lowest BCUT2D eigenvalue weighted by Gasteiger charge is -2.22. The van der Waals surface area contributed by atoms with Gasteiger partial charge in [0.1, 0.15) is 6.17 Å². The Morgan fingerprint density at radius 1 is 1.28 bits per heavy atom. The van der Waals surface area contributed by atoms with Crippen LogP contribution in [0.5, 0.6) is 5.75 Å². The molecule has 1 fully saturated rings. The number of methoxy groups -OCH3 is 1. The largest absolute Gasteiger partial charge is 0.493 e. The summed E-state index contributed by atoms with van der Waals surface area (Å²) in [5.41, 5.74) is 3.94. The molecule has 0 aromatic heterocycles. The summed E-state index contributed by atoms with van der Waals surface area (Å²) in [7, 11) is 2.99. The normalized spacial score (nSPS) is 20.5. The van der Waals surface area contributed by atoms with E-state index >= 15 is 4.39 Å². The fourth-order valence-electron chi connectivity index (χ4n) is 4.46. The predicted octanol–water partition coefficient (Wildman–Crippen LogP) is 4.03. The molecule has 0 bridgehead atoms. The number of aryl methyl sites for hydroxylation is 1. The molecule has 0 aliphatic carbocycles. The fraction of sp³-hybridized carbons (Fsp3) is 0.417. The maximum absolute atomic E-state index is 15.4. The van der Waals surface area contributed by atoms with E-state index < -0.39 is 12.0 Å². The van der Waals surface area contributed by atoms with Crippen molar-refractivity contribution in [1.29, 1.82) is 0 Å². The van der Waals surface area contributed by atoms with Gasteiger partial charge in [-0.2, -0.15) is 5.10 Å². The van der Waals surface area contributed by atoms with Crippen molar-refractivity contribution in [2.24, 2.45) is 5.10 Å². The van der Waals surface area contributed by atoms with E-state index in [1.165, 1.54) is 12.1 Å². The smallest absolute Gasteiger partial charge is 0.337 e. The van der Waals surface area contributed by atoms with Crippen LogP contribution in [0.1, 0.15) is 35.6 Å². The molecule has 1 saturated heterocycles. The van der Waals surface area contributed by atoms with Crippen molar-refractivity contribution in [2.75, 3.05) is 32.1 Å². The van der Waals surface area contributed by atoms with Crippen molar-refractivity contribution >= 4 is 17.4 Å². The van der Waals surface area contributed by atoms with Gasteiger partial charge in [-0.05, 0) is 50.5 Å². The number of anilines is 1. The van der Waals surface area contributed by atoms with Crippen LogP contribution in [0.25, 0.3) is 0 Å². The molecule has 0 saturated carbocycles. The lowest BCUT2D eigenvalue weighted by molar-refractivity contribution is 0.184. The second-order valence-corrected chi connectivity index (χ2v) is 8.35. The highest BCUT2D eigenvalue weighted by Crippen LogP contribution is 2.34. The molecule has 2 amide bonds. The van der Waals surface area contributed by atoms with Crippen molar-refractivity contribution in [3.8, 4) is 5.75 Å². The predicted molar refractivity (Wildman–Crippen MR) is 121 cm³/mol. The number of amides is 2. The third-order valence-electron chi connectivity index (χ3n) is 6.15. The SMILES string of the molecule is CNC(=O)N1N=C(c2ccc(N3CCC(F)C3)cc2)c2cc(C)c(OC)c(F)c2CC1C. The molecular weight excluding hydrogens is 414 g/mol. The molecule has 170 valence electrons. The molecule has 0 spiro atoms. The number of hydrogen-bond acceptors (Lipinski definition) is 4. The Kier molecular flexibility index (Phi) is 6.04. The van der Waals surface area contributed by atoms with E-state index in [0.717, 1.165) is 11.3 Å². The minimum atomic E-state index is -0.809. The minimum Gasteiger partial charge on any atom is -0.493 e. The first-order valence-corrected chi connectivity index (χ1v) is 10.8. The number of ether oxygens (including phenoxy) is 1. The lowest BCUT2D eigenvalue weighted by atomic mass is 9.92. The number of alkyl halides is 1. The van der Waals surface area contributed by atoms with Crippen LogP contribution in [0, 0.1) is 12.7 Å². The van der Waals surface area contributed by atoms with E-state index in [1.807, 2.05) is 42.2 Å². The third kappa shape index (κ3) is 3.89. The molecule has 2 atom stereocenters. The molecule has 1 N–H and O–H groups in total. The van der Waals surface area contributed by atoms with Gasteiger partial charge in [0.05, 0.1) is 18.9 Å². The summed E-state index contributed by atoms with van der Waals surface area (Å²) in [6.45, 7) is 4.68. The number of benzene rings is 2. The Labute approximate surface area is 186 Å². The van der Waals surface area contributed by atoms with Crippen molar-refractivity contribution in [1.82, 2.24) is 10.3 Å². The summed E-state index contributed by atoms with van der Waals surface area (Å²) in [6.07, 6.45) is 0.0136. The Bertz CT molecular complexity index is 1050. The van der Waals surface area contributed by atoms with E-state index in [0.29, 0.717) is 48.3 Å². The third-order valence-corrected chi connectivity index (χ3v) is 6.15. The summed E-state index contributed by atoms with van der Waals surface area (Å²) >= 11 is 0. The second-order valence-electron chi connectivity index (χ2n) is 8.35. The van der Waals surface area contributed by atoms with E-state index in [2.05, 4.69) is 10.4 Å². The number of nitrogens with zero attached hydrogens (tertiary/aromatic N) is 3. The first-order valence-electron chi connectivity index (χ1n) is 10.8. The van der Waals surface area contributed by atoms with E-state index in [-0.39, 0.29) is 17.8 Å². The van der Waals surface area contributed by atoms with Gasteiger partial charge in [0, 0.05) is 42.5 Å². The topological polar surface area (TPSA) is 57.2 Å². The van der Waals surface area contributed by atoms with Crippen LogP contribution in [-0.4, -0.2) is 56.2 Å². The van der Waals surface area contributed by atoms with Crippen LogP contribution in [0.2, 0.25) is 0 Å². The van der Waals surface area contributed by atoms with Crippen LogP contribution in [-0.2, 0) is 6.42 Å². The summed E-state index contributed by atoms with van der Waals surface area (Å²) in [6, 6.07) is 8.74. The highest BCUT2D eigenvalue weighted by molar-refractivity contribution is 6.14. The first-order chi connectivity index (χ1) is 15.3. The van der Waals surface area contributed by atoms with Gasteiger partial charge in [-0.25, -0.2) is 18.6 Å². The molecule has 0 radical (unpaired) electrons. The highest BCUT2D eigenvalue weighted by Gasteiger charge is 2.31. The van der Waals surface area contributed by atoms with Crippen LogP contribution >= 0.6 is 0 Å². The van der Waals surface area contributed by atoms with Crippen LogP contribution in [0.4, 0.5) is 19.3 Å². The molecule has 2 heterocycles. The summed E-state index contributed by atoms with van der Waals surface area (Å²) < 4.78 is 34.3. The van der Waals surface area contributed by atoms with Gasteiger partial charge in [-0.3, -0.25) is 0 Å². The standard InChI is InChI=1S/C24H28F2N4O2/c1-14-11-20-19(21(26)23(14)32-4)12-15(2)30(24(31)27-3)28-22(20)16-5-7-18(8-6-16)29-10-9-17(25)13-29/h5-8,11,15,17H,9-10,12-13H2,1-4H3,(H,27,31). The molecule has 2 aliphatic heterocycles. The number of urea groups is 1. The Balaban J connectivity index is 1.83.